The molecule has 0 saturated heterocycles. The zero-order valence-electron chi connectivity index (χ0n) is 11.5. The lowest BCUT2D eigenvalue weighted by Gasteiger charge is -2.51. The molecule has 2 fully saturated rings. The van der Waals surface area contributed by atoms with Crippen LogP contribution in [0.1, 0.15) is 51.5 Å². The summed E-state index contributed by atoms with van der Waals surface area (Å²) >= 11 is 0. The molecule has 0 radical (unpaired) electrons. The average Bonchev–Trinajstić information content (AvgIpc) is 2.99. The van der Waals surface area contributed by atoms with E-state index in [1.54, 1.807) is 0 Å². The second-order valence-electron chi connectivity index (χ2n) is 6.18. The van der Waals surface area contributed by atoms with E-state index in [1.165, 1.54) is 37.7 Å². The van der Waals surface area contributed by atoms with Crippen LogP contribution >= 0.6 is 0 Å². The van der Waals surface area contributed by atoms with Crippen molar-refractivity contribution in [2.75, 3.05) is 0 Å². The van der Waals surface area contributed by atoms with Crippen LogP contribution in [0.4, 0.5) is 0 Å². The largest absolute Gasteiger partial charge is 0.321 e. The third-order valence-electron chi connectivity index (χ3n) is 6.10. The quantitative estimate of drug-likeness (QED) is 0.884. The first kappa shape index (κ1) is 12.2. The maximum Gasteiger partial charge on any atom is 0.0498 e. The third kappa shape index (κ3) is 1.25. The summed E-state index contributed by atoms with van der Waals surface area (Å²) in [6.07, 6.45) is 10.2. The summed E-state index contributed by atoms with van der Waals surface area (Å²) in [6.45, 7) is 4.65. The van der Waals surface area contributed by atoms with E-state index in [4.69, 9.17) is 5.73 Å². The van der Waals surface area contributed by atoms with Gasteiger partial charge in [-0.05, 0) is 67.1 Å². The molecular formula is C16H24N2. The Kier molecular flexibility index (Phi) is 2.74. The van der Waals surface area contributed by atoms with Gasteiger partial charge in [0, 0.05) is 17.9 Å². The summed E-state index contributed by atoms with van der Waals surface area (Å²) < 4.78 is 0. The molecule has 0 unspecified atom stereocenters. The molecular weight excluding hydrogens is 220 g/mol. The summed E-state index contributed by atoms with van der Waals surface area (Å²) in [5.74, 6) is 1.50. The molecule has 0 amide bonds. The Morgan fingerprint density at radius 2 is 1.78 bits per heavy atom. The van der Waals surface area contributed by atoms with E-state index in [1.807, 2.05) is 12.4 Å². The van der Waals surface area contributed by atoms with Crippen molar-refractivity contribution >= 4 is 0 Å². The van der Waals surface area contributed by atoms with E-state index in [0.717, 1.165) is 5.92 Å². The predicted molar refractivity (Wildman–Crippen MR) is 73.9 cm³/mol. The molecule has 0 aliphatic heterocycles. The van der Waals surface area contributed by atoms with Crippen molar-refractivity contribution in [1.29, 1.82) is 0 Å². The topological polar surface area (TPSA) is 38.9 Å². The van der Waals surface area contributed by atoms with Crippen LogP contribution in [0.5, 0.6) is 0 Å². The van der Waals surface area contributed by atoms with Gasteiger partial charge in [-0.3, -0.25) is 4.98 Å². The Balaban J connectivity index is 2.13. The van der Waals surface area contributed by atoms with Gasteiger partial charge in [-0.1, -0.05) is 13.8 Å². The van der Waals surface area contributed by atoms with Crippen LogP contribution in [0.2, 0.25) is 0 Å². The Hall–Kier alpha value is -0.890. The van der Waals surface area contributed by atoms with E-state index in [-0.39, 0.29) is 5.54 Å². The van der Waals surface area contributed by atoms with Gasteiger partial charge in [0.05, 0.1) is 0 Å². The minimum absolute atomic E-state index is 0.123. The molecule has 3 atom stereocenters. The molecule has 18 heavy (non-hydrogen) atoms. The molecule has 0 spiro atoms. The summed E-state index contributed by atoms with van der Waals surface area (Å²) in [4.78, 5) is 4.15. The summed E-state index contributed by atoms with van der Waals surface area (Å²) in [6, 6.07) is 4.28. The SMILES string of the molecule is CCC1(CC)[C@H]2CC[C@H](C2)[C@]1(N)c1ccncc1. The van der Waals surface area contributed by atoms with Crippen LogP contribution in [-0.2, 0) is 5.54 Å². The lowest BCUT2D eigenvalue weighted by atomic mass is 9.56. The second kappa shape index (κ2) is 4.06. The van der Waals surface area contributed by atoms with Gasteiger partial charge in [0.15, 0.2) is 0 Å². The van der Waals surface area contributed by atoms with Crippen molar-refractivity contribution in [3.8, 4) is 0 Å². The fraction of sp³-hybridized carbons (Fsp3) is 0.688. The average molecular weight is 244 g/mol. The zero-order chi connectivity index (χ0) is 12.8. The summed E-state index contributed by atoms with van der Waals surface area (Å²) in [5, 5.41) is 0. The highest BCUT2D eigenvalue weighted by Crippen LogP contribution is 2.67. The van der Waals surface area contributed by atoms with Crippen LogP contribution in [0.25, 0.3) is 0 Å². The van der Waals surface area contributed by atoms with Gasteiger partial charge < -0.3 is 5.73 Å². The molecule has 3 rings (SSSR count). The maximum atomic E-state index is 7.04. The summed E-state index contributed by atoms with van der Waals surface area (Å²) in [5.41, 5.74) is 8.53. The molecule has 2 nitrogen and oxygen atoms in total. The fourth-order valence-electron chi connectivity index (χ4n) is 5.20. The monoisotopic (exact) mass is 244 g/mol. The Labute approximate surface area is 110 Å². The molecule has 2 N–H and O–H groups in total. The Morgan fingerprint density at radius 1 is 1.17 bits per heavy atom. The van der Waals surface area contributed by atoms with E-state index < -0.39 is 0 Å². The number of aromatic nitrogens is 1. The number of pyridine rings is 1. The first-order chi connectivity index (χ1) is 8.69. The van der Waals surface area contributed by atoms with Gasteiger partial charge in [-0.25, -0.2) is 0 Å². The second-order valence-corrected chi connectivity index (χ2v) is 6.18. The molecule has 2 aliphatic carbocycles. The van der Waals surface area contributed by atoms with Gasteiger partial charge >= 0.3 is 0 Å². The van der Waals surface area contributed by atoms with Crippen LogP contribution in [-0.4, -0.2) is 4.98 Å². The molecule has 0 aromatic carbocycles. The number of hydrogen-bond acceptors (Lipinski definition) is 2. The number of rotatable bonds is 3. The standard InChI is InChI=1S/C16H24N2/c1-3-15(4-2)13-5-6-14(11-13)16(15,17)12-7-9-18-10-8-12/h7-10,13-14H,3-6,11,17H2,1-2H3/t13-,14+,16+/m0/s1. The zero-order valence-corrected chi connectivity index (χ0v) is 11.5. The highest BCUT2D eigenvalue weighted by molar-refractivity contribution is 5.32. The van der Waals surface area contributed by atoms with Crippen molar-refractivity contribution in [2.45, 2.75) is 51.5 Å². The number of nitrogens with zero attached hydrogens (tertiary/aromatic N) is 1. The number of fused-ring (bicyclic) bond motifs is 2. The minimum Gasteiger partial charge on any atom is -0.321 e. The van der Waals surface area contributed by atoms with Gasteiger partial charge in [-0.2, -0.15) is 0 Å². The maximum absolute atomic E-state index is 7.04. The van der Waals surface area contributed by atoms with Crippen LogP contribution in [0.3, 0.4) is 0 Å². The molecule has 2 saturated carbocycles. The molecule has 98 valence electrons. The van der Waals surface area contributed by atoms with E-state index in [2.05, 4.69) is 31.0 Å². The highest BCUT2D eigenvalue weighted by Gasteiger charge is 2.64. The Morgan fingerprint density at radius 3 is 2.39 bits per heavy atom. The van der Waals surface area contributed by atoms with Gasteiger partial charge in [0.1, 0.15) is 0 Å². The van der Waals surface area contributed by atoms with Crippen LogP contribution in [0, 0.1) is 17.3 Å². The number of nitrogens with two attached hydrogens (primary N) is 1. The first-order valence-electron chi connectivity index (χ1n) is 7.38. The molecule has 1 heterocycles. The van der Waals surface area contributed by atoms with Crippen LogP contribution in [0.15, 0.2) is 24.5 Å². The van der Waals surface area contributed by atoms with E-state index in [9.17, 15) is 0 Å². The molecule has 1 aromatic heterocycles. The van der Waals surface area contributed by atoms with Crippen LogP contribution < -0.4 is 5.73 Å². The van der Waals surface area contributed by atoms with Crippen molar-refractivity contribution in [3.05, 3.63) is 30.1 Å². The molecule has 2 heteroatoms. The minimum atomic E-state index is -0.123. The lowest BCUT2D eigenvalue weighted by molar-refractivity contribution is 0.0354. The van der Waals surface area contributed by atoms with E-state index >= 15 is 0 Å². The van der Waals surface area contributed by atoms with Gasteiger partial charge in [0.25, 0.3) is 0 Å². The predicted octanol–water partition coefficient (Wildman–Crippen LogP) is 3.47. The van der Waals surface area contributed by atoms with Gasteiger partial charge in [0.2, 0.25) is 0 Å². The third-order valence-corrected chi connectivity index (χ3v) is 6.10. The molecule has 2 bridgehead atoms. The van der Waals surface area contributed by atoms with Crippen molar-refractivity contribution in [2.24, 2.45) is 23.0 Å². The molecule has 1 aromatic rings. The lowest BCUT2D eigenvalue weighted by Crippen LogP contribution is -2.56. The van der Waals surface area contributed by atoms with E-state index in [0.29, 0.717) is 11.3 Å². The van der Waals surface area contributed by atoms with Gasteiger partial charge in [-0.15, -0.1) is 0 Å². The summed E-state index contributed by atoms with van der Waals surface area (Å²) in [7, 11) is 0. The van der Waals surface area contributed by atoms with Crippen molar-refractivity contribution in [3.63, 3.8) is 0 Å². The van der Waals surface area contributed by atoms with Crippen molar-refractivity contribution in [1.82, 2.24) is 4.98 Å². The normalized spacial score (nSPS) is 37.1. The highest BCUT2D eigenvalue weighted by atomic mass is 14.9. The van der Waals surface area contributed by atoms with Crippen molar-refractivity contribution < 1.29 is 0 Å². The number of hydrogen-bond donors (Lipinski definition) is 1. The fourth-order valence-corrected chi connectivity index (χ4v) is 5.20. The smallest absolute Gasteiger partial charge is 0.0498 e. The molecule has 2 aliphatic rings. The Bertz CT molecular complexity index is 424. The first-order valence-corrected chi connectivity index (χ1v) is 7.38.